The highest BCUT2D eigenvalue weighted by atomic mass is 16.5. The first kappa shape index (κ1) is 20.7. The van der Waals surface area contributed by atoms with Gasteiger partial charge in [0.25, 0.3) is 11.8 Å². The summed E-state index contributed by atoms with van der Waals surface area (Å²) in [5.41, 5.74) is 8.91. The molecule has 0 bridgehead atoms. The number of ether oxygens (including phenoxy) is 1. The number of aryl methyl sites for hydroxylation is 1. The van der Waals surface area contributed by atoms with Crippen LogP contribution in [0, 0.1) is 5.92 Å². The quantitative estimate of drug-likeness (QED) is 0.446. The lowest BCUT2D eigenvalue weighted by Gasteiger charge is -2.18. The number of rotatable bonds is 4. The van der Waals surface area contributed by atoms with Crippen LogP contribution in [0.5, 0.6) is 0 Å². The maximum Gasteiger partial charge on any atom is 0.338 e. The Morgan fingerprint density at radius 2 is 1.84 bits per heavy atom. The van der Waals surface area contributed by atoms with Crippen LogP contribution in [-0.2, 0) is 22.4 Å². The number of carbonyl (C=O) groups excluding carboxylic acids is 3. The number of hydrogen-bond donors (Lipinski definition) is 3. The Morgan fingerprint density at radius 1 is 1.06 bits per heavy atom. The first-order valence-corrected chi connectivity index (χ1v) is 10.4. The van der Waals surface area contributed by atoms with Crippen LogP contribution in [0.2, 0.25) is 0 Å². The second-order valence-corrected chi connectivity index (χ2v) is 8.05. The van der Waals surface area contributed by atoms with E-state index < -0.39 is 23.9 Å². The Balaban J connectivity index is 1.39. The maximum absolute atomic E-state index is 12.6. The highest BCUT2D eigenvalue weighted by Gasteiger charge is 2.23. The molecule has 0 fully saturated rings. The number of carbonyl (C=O) groups is 3. The number of aromatic nitrogens is 1. The Hall–Kier alpha value is -3.61. The summed E-state index contributed by atoms with van der Waals surface area (Å²) in [6.07, 6.45) is 2.08. The molecule has 0 radical (unpaired) electrons. The molecule has 0 spiro atoms. The van der Waals surface area contributed by atoms with Crippen LogP contribution in [0.3, 0.4) is 0 Å². The van der Waals surface area contributed by atoms with Gasteiger partial charge >= 0.3 is 5.97 Å². The Morgan fingerprint density at radius 3 is 2.61 bits per heavy atom. The third-order valence-electron chi connectivity index (χ3n) is 5.66. The van der Waals surface area contributed by atoms with Crippen molar-refractivity contribution in [1.82, 2.24) is 15.8 Å². The highest BCUT2D eigenvalue weighted by Crippen LogP contribution is 2.32. The summed E-state index contributed by atoms with van der Waals surface area (Å²) >= 11 is 0. The molecule has 2 aromatic carbocycles. The van der Waals surface area contributed by atoms with Crippen molar-refractivity contribution in [2.45, 2.75) is 39.2 Å². The monoisotopic (exact) mass is 419 g/mol. The standard InChI is InChI=1S/C24H25N3O4/c1-14-8-10-20-18(12-14)19-13-17(9-11-21(19)25-20)24(30)31-15(2)22(28)26-27-23(29)16-6-4-3-5-7-16/h3-7,9,11,13-15,25H,8,10,12H2,1-2H3,(H,26,28)(H,27,29). The number of aromatic amines is 1. The Bertz CT molecular complexity index is 1140. The summed E-state index contributed by atoms with van der Waals surface area (Å²) in [4.78, 5) is 40.3. The fourth-order valence-electron chi connectivity index (χ4n) is 3.88. The minimum Gasteiger partial charge on any atom is -0.449 e. The average molecular weight is 419 g/mol. The molecule has 1 heterocycles. The lowest BCUT2D eigenvalue weighted by atomic mass is 9.87. The smallest absolute Gasteiger partial charge is 0.338 e. The molecule has 31 heavy (non-hydrogen) atoms. The van der Waals surface area contributed by atoms with E-state index in [0.29, 0.717) is 17.0 Å². The lowest BCUT2D eigenvalue weighted by Crippen LogP contribution is -2.46. The molecule has 1 aliphatic rings. The summed E-state index contributed by atoms with van der Waals surface area (Å²) in [6.45, 7) is 3.69. The predicted octanol–water partition coefficient (Wildman–Crippen LogP) is 3.30. The average Bonchev–Trinajstić information content (AvgIpc) is 3.14. The molecule has 7 heteroatoms. The van der Waals surface area contributed by atoms with E-state index in [2.05, 4.69) is 22.8 Å². The number of fused-ring (bicyclic) bond motifs is 3. The van der Waals surface area contributed by atoms with E-state index in [1.165, 1.54) is 18.2 Å². The number of hydrogen-bond acceptors (Lipinski definition) is 4. The van der Waals surface area contributed by atoms with Crippen molar-refractivity contribution < 1.29 is 19.1 Å². The van der Waals surface area contributed by atoms with Crippen molar-refractivity contribution in [3.8, 4) is 0 Å². The summed E-state index contributed by atoms with van der Waals surface area (Å²) in [7, 11) is 0. The summed E-state index contributed by atoms with van der Waals surface area (Å²) in [6, 6.07) is 13.9. The fourth-order valence-corrected chi connectivity index (χ4v) is 3.88. The van der Waals surface area contributed by atoms with Crippen molar-refractivity contribution in [1.29, 1.82) is 0 Å². The summed E-state index contributed by atoms with van der Waals surface area (Å²) in [5.74, 6) is -1.05. The molecule has 1 aliphatic carbocycles. The Kier molecular flexibility index (Phi) is 5.75. The first-order chi connectivity index (χ1) is 14.9. The second-order valence-electron chi connectivity index (χ2n) is 8.05. The van der Waals surface area contributed by atoms with E-state index in [0.717, 1.165) is 30.2 Å². The van der Waals surface area contributed by atoms with E-state index >= 15 is 0 Å². The van der Waals surface area contributed by atoms with Gasteiger partial charge in [0, 0.05) is 22.2 Å². The van der Waals surface area contributed by atoms with Gasteiger partial charge in [-0.15, -0.1) is 0 Å². The van der Waals surface area contributed by atoms with Crippen molar-refractivity contribution in [2.24, 2.45) is 5.92 Å². The minimum absolute atomic E-state index is 0.389. The number of esters is 1. The van der Waals surface area contributed by atoms with E-state index in [9.17, 15) is 14.4 Å². The van der Waals surface area contributed by atoms with Gasteiger partial charge in [0.2, 0.25) is 0 Å². The minimum atomic E-state index is -1.07. The molecule has 4 rings (SSSR count). The van der Waals surface area contributed by atoms with E-state index in [-0.39, 0.29) is 0 Å². The number of hydrazine groups is 1. The molecule has 2 unspecified atom stereocenters. The molecule has 0 saturated carbocycles. The summed E-state index contributed by atoms with van der Waals surface area (Å²) in [5, 5.41) is 1.03. The fraction of sp³-hybridized carbons (Fsp3) is 0.292. The SMILES string of the molecule is CC1CCc2[nH]c3ccc(C(=O)OC(C)C(=O)NNC(=O)c4ccccc4)cc3c2C1. The van der Waals surface area contributed by atoms with Crippen molar-refractivity contribution >= 4 is 28.7 Å². The Labute approximate surface area is 180 Å². The molecule has 160 valence electrons. The van der Waals surface area contributed by atoms with Crippen LogP contribution < -0.4 is 10.9 Å². The van der Waals surface area contributed by atoms with Crippen LogP contribution >= 0.6 is 0 Å². The topological polar surface area (TPSA) is 100 Å². The molecule has 3 aromatic rings. The van der Waals surface area contributed by atoms with Crippen molar-refractivity contribution in [2.75, 3.05) is 0 Å². The highest BCUT2D eigenvalue weighted by molar-refractivity contribution is 5.98. The van der Waals surface area contributed by atoms with Crippen LogP contribution in [0.15, 0.2) is 48.5 Å². The van der Waals surface area contributed by atoms with Gasteiger partial charge in [0.05, 0.1) is 5.56 Å². The first-order valence-electron chi connectivity index (χ1n) is 10.4. The van der Waals surface area contributed by atoms with Crippen LogP contribution in [-0.4, -0.2) is 28.9 Å². The zero-order chi connectivity index (χ0) is 22.0. The van der Waals surface area contributed by atoms with Crippen LogP contribution in [0.1, 0.15) is 52.2 Å². The van der Waals surface area contributed by atoms with Gasteiger partial charge in [0.15, 0.2) is 6.10 Å². The molecular weight excluding hydrogens is 394 g/mol. The largest absolute Gasteiger partial charge is 0.449 e. The molecular formula is C24H25N3O4. The number of benzene rings is 2. The van der Waals surface area contributed by atoms with Gasteiger partial charge in [-0.3, -0.25) is 20.4 Å². The van der Waals surface area contributed by atoms with Crippen molar-refractivity contribution in [3.63, 3.8) is 0 Å². The molecule has 0 saturated heterocycles. The molecule has 7 nitrogen and oxygen atoms in total. The number of H-pyrrole nitrogens is 1. The van der Waals surface area contributed by atoms with Gasteiger partial charge < -0.3 is 9.72 Å². The number of amides is 2. The molecule has 2 atom stereocenters. The molecule has 0 aliphatic heterocycles. The summed E-state index contributed by atoms with van der Waals surface area (Å²) < 4.78 is 5.31. The van der Waals surface area contributed by atoms with Gasteiger partial charge in [-0.05, 0) is 68.0 Å². The lowest BCUT2D eigenvalue weighted by molar-refractivity contribution is -0.129. The zero-order valence-electron chi connectivity index (χ0n) is 17.5. The third-order valence-corrected chi connectivity index (χ3v) is 5.66. The third kappa shape index (κ3) is 4.45. The predicted molar refractivity (Wildman–Crippen MR) is 116 cm³/mol. The maximum atomic E-state index is 12.6. The van der Waals surface area contributed by atoms with Gasteiger partial charge in [0.1, 0.15) is 0 Å². The van der Waals surface area contributed by atoms with Gasteiger partial charge in [-0.1, -0.05) is 25.1 Å². The van der Waals surface area contributed by atoms with Crippen molar-refractivity contribution in [3.05, 3.63) is 70.9 Å². The van der Waals surface area contributed by atoms with Gasteiger partial charge in [-0.25, -0.2) is 4.79 Å². The zero-order valence-corrected chi connectivity index (χ0v) is 17.5. The molecule has 1 aromatic heterocycles. The van der Waals surface area contributed by atoms with E-state index in [4.69, 9.17) is 4.74 Å². The van der Waals surface area contributed by atoms with Gasteiger partial charge in [-0.2, -0.15) is 0 Å². The van der Waals surface area contributed by atoms with Crippen LogP contribution in [0.25, 0.3) is 10.9 Å². The molecule has 3 N–H and O–H groups in total. The van der Waals surface area contributed by atoms with E-state index in [1.54, 1.807) is 36.4 Å². The van der Waals surface area contributed by atoms with Crippen LogP contribution in [0.4, 0.5) is 0 Å². The second kappa shape index (κ2) is 8.63. The van der Waals surface area contributed by atoms with E-state index in [1.807, 2.05) is 12.1 Å². The normalized spacial score (nSPS) is 16.3. The molecule has 2 amide bonds. The number of nitrogens with one attached hydrogen (secondary N) is 3.